The lowest BCUT2D eigenvalue weighted by molar-refractivity contribution is -0.116. The molecule has 116 valence electrons. The van der Waals surface area contributed by atoms with Crippen molar-refractivity contribution in [2.45, 2.75) is 19.8 Å². The van der Waals surface area contributed by atoms with E-state index in [-0.39, 0.29) is 5.91 Å². The highest BCUT2D eigenvalue weighted by Gasteiger charge is 2.19. The first-order valence-corrected chi connectivity index (χ1v) is 8.03. The van der Waals surface area contributed by atoms with Crippen molar-refractivity contribution in [1.29, 1.82) is 5.26 Å². The van der Waals surface area contributed by atoms with Gasteiger partial charge < -0.3 is 5.32 Å². The Kier molecular flexibility index (Phi) is 3.32. The summed E-state index contributed by atoms with van der Waals surface area (Å²) in [6.07, 6.45) is 1.25. The minimum absolute atomic E-state index is 0.0694. The number of carbonyl (C=O) groups excluding carboxylic acids is 1. The van der Waals surface area contributed by atoms with Crippen LogP contribution in [-0.4, -0.2) is 5.91 Å². The predicted molar refractivity (Wildman–Crippen MR) is 95.8 cm³/mol. The van der Waals surface area contributed by atoms with Crippen molar-refractivity contribution in [3.63, 3.8) is 0 Å². The molecule has 1 amide bonds. The van der Waals surface area contributed by atoms with Gasteiger partial charge in [0, 0.05) is 12.1 Å². The number of nitrogens with zero attached hydrogens (tertiary/aromatic N) is 1. The minimum Gasteiger partial charge on any atom is -0.326 e. The molecule has 0 unspecified atom stereocenters. The van der Waals surface area contributed by atoms with Crippen LogP contribution in [0.15, 0.2) is 48.5 Å². The molecule has 3 nitrogen and oxygen atoms in total. The number of nitrogens with one attached hydrogen (secondary N) is 1. The lowest BCUT2D eigenvalue weighted by Crippen LogP contribution is -2.19. The first kappa shape index (κ1) is 14.5. The highest BCUT2D eigenvalue weighted by atomic mass is 16.1. The molecule has 0 spiro atoms. The Hall–Kier alpha value is -3.12. The van der Waals surface area contributed by atoms with Gasteiger partial charge >= 0.3 is 0 Å². The van der Waals surface area contributed by atoms with Gasteiger partial charge in [-0.3, -0.25) is 4.79 Å². The summed E-state index contributed by atoms with van der Waals surface area (Å²) in [7, 11) is 0. The highest BCUT2D eigenvalue weighted by molar-refractivity contribution is 6.01. The lowest BCUT2D eigenvalue weighted by atomic mass is 9.89. The first-order chi connectivity index (χ1) is 11.7. The van der Waals surface area contributed by atoms with E-state index < -0.39 is 0 Å². The van der Waals surface area contributed by atoms with Crippen molar-refractivity contribution in [2.24, 2.45) is 0 Å². The van der Waals surface area contributed by atoms with Crippen LogP contribution in [0.2, 0.25) is 0 Å². The molecule has 0 aromatic heterocycles. The van der Waals surface area contributed by atoms with Crippen molar-refractivity contribution < 1.29 is 4.79 Å². The van der Waals surface area contributed by atoms with Gasteiger partial charge in [-0.05, 0) is 58.5 Å². The molecule has 1 heterocycles. The maximum absolute atomic E-state index is 11.7. The van der Waals surface area contributed by atoms with Crippen LogP contribution in [0.25, 0.3) is 21.9 Å². The van der Waals surface area contributed by atoms with E-state index in [1.54, 1.807) is 0 Å². The van der Waals surface area contributed by atoms with Gasteiger partial charge in [-0.25, -0.2) is 0 Å². The number of benzene rings is 3. The summed E-state index contributed by atoms with van der Waals surface area (Å²) in [6, 6.07) is 18.5. The largest absolute Gasteiger partial charge is 0.326 e. The monoisotopic (exact) mass is 312 g/mol. The molecular weight excluding hydrogens is 296 g/mol. The molecule has 0 saturated heterocycles. The molecular formula is C21H16N2O. The molecule has 0 fully saturated rings. The number of fused-ring (bicyclic) bond motifs is 2. The second kappa shape index (κ2) is 5.50. The third kappa shape index (κ3) is 2.24. The number of hydrogen-bond acceptors (Lipinski definition) is 2. The van der Waals surface area contributed by atoms with Gasteiger partial charge in [0.15, 0.2) is 0 Å². The summed E-state index contributed by atoms with van der Waals surface area (Å²) in [5.41, 5.74) is 6.00. The van der Waals surface area contributed by atoms with E-state index in [0.29, 0.717) is 12.0 Å². The molecule has 1 N–H and O–H groups in total. The van der Waals surface area contributed by atoms with Gasteiger partial charge in [-0.15, -0.1) is 0 Å². The fourth-order valence-corrected chi connectivity index (χ4v) is 3.47. The van der Waals surface area contributed by atoms with Gasteiger partial charge in [-0.2, -0.15) is 5.26 Å². The van der Waals surface area contributed by atoms with E-state index in [9.17, 15) is 10.1 Å². The third-order valence-electron chi connectivity index (χ3n) is 4.69. The number of hydrogen-bond donors (Lipinski definition) is 1. The Morgan fingerprint density at radius 3 is 2.67 bits per heavy atom. The van der Waals surface area contributed by atoms with E-state index in [4.69, 9.17) is 0 Å². The van der Waals surface area contributed by atoms with Crippen molar-refractivity contribution in [3.8, 4) is 17.2 Å². The second-order valence-corrected chi connectivity index (χ2v) is 6.19. The maximum atomic E-state index is 11.7. The van der Waals surface area contributed by atoms with Crippen LogP contribution in [0.3, 0.4) is 0 Å². The zero-order valence-corrected chi connectivity index (χ0v) is 13.4. The van der Waals surface area contributed by atoms with Crippen molar-refractivity contribution in [1.82, 2.24) is 0 Å². The van der Waals surface area contributed by atoms with Crippen LogP contribution in [-0.2, 0) is 11.2 Å². The van der Waals surface area contributed by atoms with Gasteiger partial charge in [-0.1, -0.05) is 36.4 Å². The van der Waals surface area contributed by atoms with E-state index in [2.05, 4.69) is 35.7 Å². The number of rotatable bonds is 1. The fourth-order valence-electron chi connectivity index (χ4n) is 3.47. The zero-order valence-electron chi connectivity index (χ0n) is 13.4. The van der Waals surface area contributed by atoms with E-state index in [1.165, 1.54) is 5.56 Å². The summed E-state index contributed by atoms with van der Waals surface area (Å²) in [4.78, 5) is 11.7. The zero-order chi connectivity index (χ0) is 16.7. The molecule has 3 aromatic rings. The quantitative estimate of drug-likeness (QED) is 0.715. The summed E-state index contributed by atoms with van der Waals surface area (Å²) in [6.45, 7) is 1.96. The van der Waals surface area contributed by atoms with Gasteiger partial charge in [0.05, 0.1) is 11.6 Å². The van der Waals surface area contributed by atoms with Gasteiger partial charge in [0.25, 0.3) is 0 Å². The van der Waals surface area contributed by atoms with Crippen LogP contribution >= 0.6 is 0 Å². The number of nitriles is 1. The molecule has 3 aromatic carbocycles. The number of anilines is 1. The molecule has 0 aliphatic carbocycles. The Labute approximate surface area is 140 Å². The summed E-state index contributed by atoms with van der Waals surface area (Å²) >= 11 is 0. The molecule has 3 heteroatoms. The van der Waals surface area contributed by atoms with Crippen molar-refractivity contribution >= 4 is 22.4 Å². The summed E-state index contributed by atoms with van der Waals surface area (Å²) in [5.74, 6) is 0.0694. The predicted octanol–water partition coefficient (Wildman–Crippen LogP) is 4.57. The molecule has 0 bridgehead atoms. The number of carbonyl (C=O) groups is 1. The Bertz CT molecular complexity index is 1030. The molecule has 1 aliphatic rings. The van der Waals surface area contributed by atoms with Crippen molar-refractivity contribution in [3.05, 3.63) is 65.2 Å². The normalized spacial score (nSPS) is 13.2. The number of amides is 1. The SMILES string of the molecule is Cc1cc2cccc(-c3cccc4c3CCC(=O)N4)c2cc1C#N. The standard InChI is InChI=1S/C21H16N2O/c1-13-10-14-4-2-5-17(19(14)11-15(13)12-22)16-6-3-7-20-18(16)8-9-21(24)23-20/h2-7,10-11H,8-9H2,1H3,(H,23,24). The van der Waals surface area contributed by atoms with E-state index >= 15 is 0 Å². The molecule has 1 aliphatic heterocycles. The lowest BCUT2D eigenvalue weighted by Gasteiger charge is -2.21. The van der Waals surface area contributed by atoms with Crippen molar-refractivity contribution in [2.75, 3.05) is 5.32 Å². The second-order valence-electron chi connectivity index (χ2n) is 6.19. The topological polar surface area (TPSA) is 52.9 Å². The van der Waals surface area contributed by atoms with Crippen LogP contribution < -0.4 is 5.32 Å². The van der Waals surface area contributed by atoms with Gasteiger partial charge in [0.1, 0.15) is 0 Å². The van der Waals surface area contributed by atoms with Crippen LogP contribution in [0.5, 0.6) is 0 Å². The summed E-state index contributed by atoms with van der Waals surface area (Å²) < 4.78 is 0. The molecule has 0 atom stereocenters. The molecule has 0 saturated carbocycles. The molecule has 24 heavy (non-hydrogen) atoms. The minimum atomic E-state index is 0.0694. The van der Waals surface area contributed by atoms with E-state index in [1.807, 2.05) is 31.2 Å². The van der Waals surface area contributed by atoms with Crippen LogP contribution in [0.4, 0.5) is 5.69 Å². The molecule has 0 radical (unpaired) electrons. The van der Waals surface area contributed by atoms with Gasteiger partial charge in [0.2, 0.25) is 5.91 Å². The Morgan fingerprint density at radius 2 is 1.83 bits per heavy atom. The Morgan fingerprint density at radius 1 is 1.04 bits per heavy atom. The average Bonchev–Trinajstić information content (AvgIpc) is 2.59. The third-order valence-corrected chi connectivity index (χ3v) is 4.69. The van der Waals surface area contributed by atoms with E-state index in [0.717, 1.165) is 39.6 Å². The smallest absolute Gasteiger partial charge is 0.224 e. The van der Waals surface area contributed by atoms with Crippen LogP contribution in [0, 0.1) is 18.3 Å². The fraction of sp³-hybridized carbons (Fsp3) is 0.143. The maximum Gasteiger partial charge on any atom is 0.224 e. The highest BCUT2D eigenvalue weighted by Crippen LogP contribution is 2.37. The molecule has 4 rings (SSSR count). The average molecular weight is 312 g/mol. The first-order valence-electron chi connectivity index (χ1n) is 8.03. The number of aryl methyl sites for hydroxylation is 1. The summed E-state index contributed by atoms with van der Waals surface area (Å²) in [5, 5.41) is 14.5. The Balaban J connectivity index is 2.00. The van der Waals surface area contributed by atoms with Crippen LogP contribution in [0.1, 0.15) is 23.1 Å².